The van der Waals surface area contributed by atoms with Crippen LogP contribution in [0.3, 0.4) is 0 Å². The molecule has 1 unspecified atom stereocenters. The quantitative estimate of drug-likeness (QED) is 0.705. The van der Waals surface area contributed by atoms with Crippen LogP contribution in [0.4, 0.5) is 0 Å². The van der Waals surface area contributed by atoms with E-state index >= 15 is 0 Å². The third-order valence-corrected chi connectivity index (χ3v) is 3.81. The van der Waals surface area contributed by atoms with Crippen molar-refractivity contribution in [1.29, 1.82) is 0 Å². The van der Waals surface area contributed by atoms with Crippen molar-refractivity contribution < 1.29 is 0 Å². The monoisotopic (exact) mass is 181 g/mol. The van der Waals surface area contributed by atoms with Gasteiger partial charge in [-0.2, -0.15) is 0 Å². The van der Waals surface area contributed by atoms with E-state index in [1.54, 1.807) is 0 Å². The topological polar surface area (TPSA) is 12.0 Å². The highest BCUT2D eigenvalue weighted by Crippen LogP contribution is 2.29. The molecule has 1 saturated heterocycles. The van der Waals surface area contributed by atoms with Gasteiger partial charge in [0, 0.05) is 6.04 Å². The standard InChI is InChI=1S/C12H23N/c1-2-6-11(5-1)8-9-12-7-3-4-10-13-12/h11-13H,1-10H2. The average molecular weight is 181 g/mol. The van der Waals surface area contributed by atoms with Crippen molar-refractivity contribution in [1.82, 2.24) is 5.32 Å². The van der Waals surface area contributed by atoms with E-state index in [9.17, 15) is 0 Å². The highest BCUT2D eigenvalue weighted by Gasteiger charge is 2.18. The molecule has 1 aliphatic carbocycles. The third-order valence-electron chi connectivity index (χ3n) is 3.81. The Bertz CT molecular complexity index is 132. The van der Waals surface area contributed by atoms with Crippen molar-refractivity contribution in [2.24, 2.45) is 5.92 Å². The minimum atomic E-state index is 0.870. The number of hydrogen-bond donors (Lipinski definition) is 1. The van der Waals surface area contributed by atoms with Gasteiger partial charge in [-0.25, -0.2) is 0 Å². The molecule has 0 spiro atoms. The van der Waals surface area contributed by atoms with Gasteiger partial charge >= 0.3 is 0 Å². The van der Waals surface area contributed by atoms with Crippen molar-refractivity contribution in [2.45, 2.75) is 63.8 Å². The third kappa shape index (κ3) is 2.98. The molecule has 1 N–H and O–H groups in total. The predicted molar refractivity (Wildman–Crippen MR) is 56.8 cm³/mol. The normalized spacial score (nSPS) is 30.9. The zero-order chi connectivity index (χ0) is 8.93. The summed E-state index contributed by atoms with van der Waals surface area (Å²) in [5.74, 6) is 1.09. The van der Waals surface area contributed by atoms with E-state index in [4.69, 9.17) is 0 Å². The first-order chi connectivity index (χ1) is 6.45. The van der Waals surface area contributed by atoms with Crippen LogP contribution >= 0.6 is 0 Å². The molecule has 1 atom stereocenters. The second-order valence-electron chi connectivity index (χ2n) is 4.87. The summed E-state index contributed by atoms with van der Waals surface area (Å²) in [6, 6.07) is 0.870. The van der Waals surface area contributed by atoms with Gasteiger partial charge < -0.3 is 5.32 Å². The minimum absolute atomic E-state index is 0.870. The van der Waals surface area contributed by atoms with Crippen LogP contribution in [0.2, 0.25) is 0 Å². The van der Waals surface area contributed by atoms with Gasteiger partial charge in [-0.1, -0.05) is 32.1 Å². The number of hydrogen-bond acceptors (Lipinski definition) is 1. The van der Waals surface area contributed by atoms with Gasteiger partial charge in [-0.05, 0) is 38.1 Å². The largest absolute Gasteiger partial charge is 0.314 e. The lowest BCUT2D eigenvalue weighted by atomic mass is 9.94. The lowest BCUT2D eigenvalue weighted by molar-refractivity contribution is 0.347. The molecule has 0 aromatic carbocycles. The second kappa shape index (κ2) is 4.99. The Hall–Kier alpha value is -0.0400. The van der Waals surface area contributed by atoms with Crippen molar-refractivity contribution in [2.75, 3.05) is 6.54 Å². The summed E-state index contributed by atoms with van der Waals surface area (Å²) in [6.07, 6.45) is 13.3. The van der Waals surface area contributed by atoms with Crippen molar-refractivity contribution in [3.8, 4) is 0 Å². The van der Waals surface area contributed by atoms with Crippen LogP contribution in [0.25, 0.3) is 0 Å². The van der Waals surface area contributed by atoms with Gasteiger partial charge in [0.25, 0.3) is 0 Å². The summed E-state index contributed by atoms with van der Waals surface area (Å²) >= 11 is 0. The highest BCUT2D eigenvalue weighted by atomic mass is 14.9. The van der Waals surface area contributed by atoms with E-state index in [-0.39, 0.29) is 0 Å². The Morgan fingerprint density at radius 1 is 0.846 bits per heavy atom. The minimum Gasteiger partial charge on any atom is -0.314 e. The summed E-state index contributed by atoms with van der Waals surface area (Å²) in [7, 11) is 0. The summed E-state index contributed by atoms with van der Waals surface area (Å²) in [6.45, 7) is 1.27. The van der Waals surface area contributed by atoms with E-state index in [1.807, 2.05) is 0 Å². The van der Waals surface area contributed by atoms with Crippen LogP contribution in [0.1, 0.15) is 57.8 Å². The highest BCUT2D eigenvalue weighted by molar-refractivity contribution is 4.75. The molecule has 0 aromatic heterocycles. The number of piperidine rings is 1. The first-order valence-corrected chi connectivity index (χ1v) is 6.18. The predicted octanol–water partition coefficient (Wildman–Crippen LogP) is 3.10. The van der Waals surface area contributed by atoms with Crippen molar-refractivity contribution in [3.63, 3.8) is 0 Å². The fourth-order valence-electron chi connectivity index (χ4n) is 2.91. The Morgan fingerprint density at radius 2 is 1.62 bits per heavy atom. The molecule has 1 heterocycles. The molecule has 1 aliphatic heterocycles. The summed E-state index contributed by atoms with van der Waals surface area (Å²) in [5, 5.41) is 3.64. The molecule has 2 rings (SSSR count). The van der Waals surface area contributed by atoms with E-state index in [2.05, 4.69) is 5.32 Å². The second-order valence-corrected chi connectivity index (χ2v) is 4.87. The van der Waals surface area contributed by atoms with Crippen molar-refractivity contribution in [3.05, 3.63) is 0 Å². The maximum absolute atomic E-state index is 3.64. The van der Waals surface area contributed by atoms with Crippen LogP contribution in [0, 0.1) is 5.92 Å². The van der Waals surface area contributed by atoms with Crippen LogP contribution in [-0.2, 0) is 0 Å². The Labute approximate surface area is 82.3 Å². The number of nitrogens with one attached hydrogen (secondary N) is 1. The van der Waals surface area contributed by atoms with Crippen molar-refractivity contribution >= 4 is 0 Å². The Kier molecular flexibility index (Phi) is 3.65. The fraction of sp³-hybridized carbons (Fsp3) is 1.00. The lowest BCUT2D eigenvalue weighted by Crippen LogP contribution is -2.34. The summed E-state index contributed by atoms with van der Waals surface area (Å²) < 4.78 is 0. The number of rotatable bonds is 3. The van der Waals surface area contributed by atoms with Crippen LogP contribution in [0.15, 0.2) is 0 Å². The van der Waals surface area contributed by atoms with Gasteiger partial charge in [-0.15, -0.1) is 0 Å². The molecule has 2 aliphatic rings. The molecule has 76 valence electrons. The molecule has 0 radical (unpaired) electrons. The summed E-state index contributed by atoms with van der Waals surface area (Å²) in [4.78, 5) is 0. The molecule has 1 heteroatoms. The lowest BCUT2D eigenvalue weighted by Gasteiger charge is -2.24. The van der Waals surface area contributed by atoms with Crippen LogP contribution in [-0.4, -0.2) is 12.6 Å². The molecule has 2 fully saturated rings. The first-order valence-electron chi connectivity index (χ1n) is 6.18. The fourth-order valence-corrected chi connectivity index (χ4v) is 2.91. The molecule has 0 bridgehead atoms. The zero-order valence-corrected chi connectivity index (χ0v) is 8.73. The van der Waals surface area contributed by atoms with E-state index in [0.717, 1.165) is 12.0 Å². The van der Waals surface area contributed by atoms with Gasteiger partial charge in [-0.3, -0.25) is 0 Å². The molecular formula is C12H23N. The van der Waals surface area contributed by atoms with Gasteiger partial charge in [0.1, 0.15) is 0 Å². The Balaban J connectivity index is 1.60. The molecule has 1 saturated carbocycles. The summed E-state index contributed by atoms with van der Waals surface area (Å²) in [5.41, 5.74) is 0. The maximum Gasteiger partial charge on any atom is 0.00671 e. The molecular weight excluding hydrogens is 158 g/mol. The maximum atomic E-state index is 3.64. The zero-order valence-electron chi connectivity index (χ0n) is 8.73. The molecule has 0 aromatic rings. The van der Waals surface area contributed by atoms with E-state index in [0.29, 0.717) is 0 Å². The van der Waals surface area contributed by atoms with E-state index in [1.165, 1.54) is 64.3 Å². The van der Waals surface area contributed by atoms with Gasteiger partial charge in [0.15, 0.2) is 0 Å². The van der Waals surface area contributed by atoms with E-state index < -0.39 is 0 Å². The smallest absolute Gasteiger partial charge is 0.00671 e. The Morgan fingerprint density at radius 3 is 2.31 bits per heavy atom. The molecule has 1 nitrogen and oxygen atoms in total. The van der Waals surface area contributed by atoms with Crippen LogP contribution < -0.4 is 5.32 Å². The first kappa shape index (κ1) is 9.51. The van der Waals surface area contributed by atoms with Crippen LogP contribution in [0.5, 0.6) is 0 Å². The van der Waals surface area contributed by atoms with Gasteiger partial charge in [0.2, 0.25) is 0 Å². The average Bonchev–Trinajstić information content (AvgIpc) is 2.69. The SMILES string of the molecule is C1CCC(CCC2CCCC2)NC1. The molecule has 0 amide bonds. The van der Waals surface area contributed by atoms with Gasteiger partial charge in [0.05, 0.1) is 0 Å². The molecule has 13 heavy (non-hydrogen) atoms.